The van der Waals surface area contributed by atoms with E-state index in [-0.39, 0.29) is 18.1 Å². The van der Waals surface area contributed by atoms with Crippen LogP contribution in [-0.2, 0) is 9.59 Å². The van der Waals surface area contributed by atoms with Gasteiger partial charge in [0.05, 0.1) is 10.3 Å². The maximum atomic E-state index is 12.5. The van der Waals surface area contributed by atoms with Gasteiger partial charge >= 0.3 is 0 Å². The highest BCUT2D eigenvalue weighted by Crippen LogP contribution is 2.43. The van der Waals surface area contributed by atoms with E-state index in [0.29, 0.717) is 18.2 Å². The molecule has 41 heavy (non-hydrogen) atoms. The number of amides is 2. The molecule has 1 fully saturated rings. The molecular weight excluding hydrogens is 580 g/mol. The number of piperazine rings is 1. The number of anilines is 1. The molecule has 0 atom stereocenters. The summed E-state index contributed by atoms with van der Waals surface area (Å²) in [5.41, 5.74) is 2.34. The number of ether oxygens (including phenoxy) is 1. The van der Waals surface area contributed by atoms with E-state index in [1.165, 1.54) is 6.08 Å². The first-order chi connectivity index (χ1) is 19.4. The lowest BCUT2D eigenvalue weighted by Gasteiger charge is -2.32. The molecule has 0 saturated carbocycles. The summed E-state index contributed by atoms with van der Waals surface area (Å²) in [6.45, 7) is 7.99. The number of halogens is 1. The van der Waals surface area contributed by atoms with Crippen molar-refractivity contribution in [3.8, 4) is 26.9 Å². The highest BCUT2D eigenvalue weighted by atomic mass is 35.5. The molecular formula is C29H31ClN6O3S2. The Morgan fingerprint density at radius 3 is 2.49 bits per heavy atom. The van der Waals surface area contributed by atoms with E-state index in [0.717, 1.165) is 69.6 Å². The fraction of sp³-hybridized carbons (Fsp3) is 0.310. The van der Waals surface area contributed by atoms with Gasteiger partial charge in [-0.2, -0.15) is 0 Å². The van der Waals surface area contributed by atoms with Crippen LogP contribution < -0.4 is 15.0 Å². The first kappa shape index (κ1) is 29.2. The van der Waals surface area contributed by atoms with Crippen molar-refractivity contribution in [2.75, 3.05) is 58.3 Å². The average molecular weight is 611 g/mol. The van der Waals surface area contributed by atoms with Gasteiger partial charge in [-0.1, -0.05) is 6.07 Å². The lowest BCUT2D eigenvalue weighted by molar-refractivity contribution is -0.123. The predicted molar refractivity (Wildman–Crippen MR) is 167 cm³/mol. The SMILES string of the molecule is Cc1c(-c2ccc(OCCN3CCN(C)CC3)cc2)sc2nc(-c3cccs3)nc(N(C)C3=CC(=O)NC3=O)c12.Cl. The number of fused-ring (bicyclic) bond motifs is 1. The van der Waals surface area contributed by atoms with E-state index in [9.17, 15) is 9.59 Å². The molecule has 214 valence electrons. The summed E-state index contributed by atoms with van der Waals surface area (Å²) in [4.78, 5) is 43.5. The zero-order valence-electron chi connectivity index (χ0n) is 23.0. The van der Waals surface area contributed by atoms with Crippen molar-refractivity contribution in [3.05, 3.63) is 59.1 Å². The zero-order valence-corrected chi connectivity index (χ0v) is 25.5. The number of imide groups is 1. The second-order valence-corrected chi connectivity index (χ2v) is 12.0. The average Bonchev–Trinajstić information content (AvgIpc) is 3.69. The Kier molecular flexibility index (Phi) is 8.71. The summed E-state index contributed by atoms with van der Waals surface area (Å²) in [5, 5.41) is 5.17. The molecule has 1 aromatic carbocycles. The second kappa shape index (κ2) is 12.3. The molecule has 0 radical (unpaired) electrons. The smallest absolute Gasteiger partial charge is 0.274 e. The zero-order chi connectivity index (χ0) is 27.8. The van der Waals surface area contributed by atoms with Crippen molar-refractivity contribution >= 4 is 62.9 Å². The number of aryl methyl sites for hydroxylation is 1. The van der Waals surface area contributed by atoms with Crippen molar-refractivity contribution in [2.24, 2.45) is 0 Å². The van der Waals surface area contributed by atoms with Crippen molar-refractivity contribution in [1.82, 2.24) is 25.1 Å². The van der Waals surface area contributed by atoms with Crippen molar-refractivity contribution in [1.29, 1.82) is 0 Å². The summed E-state index contributed by atoms with van der Waals surface area (Å²) in [5.74, 6) is 1.16. The van der Waals surface area contributed by atoms with Crippen LogP contribution in [0.15, 0.2) is 53.6 Å². The fourth-order valence-corrected chi connectivity index (χ4v) is 6.82. The van der Waals surface area contributed by atoms with Gasteiger partial charge in [-0.3, -0.25) is 19.8 Å². The molecule has 1 N–H and O–H groups in total. The van der Waals surface area contributed by atoms with Crippen LogP contribution in [0, 0.1) is 6.92 Å². The molecule has 2 amide bonds. The number of hydrogen-bond acceptors (Lipinski definition) is 10. The molecule has 0 bridgehead atoms. The molecule has 5 heterocycles. The summed E-state index contributed by atoms with van der Waals surface area (Å²) < 4.78 is 6.05. The van der Waals surface area contributed by atoms with Gasteiger partial charge in [0.1, 0.15) is 28.7 Å². The van der Waals surface area contributed by atoms with Gasteiger partial charge in [0.15, 0.2) is 5.82 Å². The summed E-state index contributed by atoms with van der Waals surface area (Å²) in [7, 11) is 3.92. The number of nitrogens with one attached hydrogen (secondary N) is 1. The normalized spacial score (nSPS) is 16.0. The molecule has 1 saturated heterocycles. The molecule has 2 aliphatic rings. The van der Waals surface area contributed by atoms with Gasteiger partial charge in [0, 0.05) is 50.7 Å². The third-order valence-corrected chi connectivity index (χ3v) is 9.42. The first-order valence-electron chi connectivity index (χ1n) is 13.2. The van der Waals surface area contributed by atoms with Gasteiger partial charge in [0.25, 0.3) is 11.8 Å². The number of thiophene rings is 2. The Bertz CT molecular complexity index is 1600. The maximum Gasteiger partial charge on any atom is 0.274 e. The van der Waals surface area contributed by atoms with Crippen LogP contribution in [0.1, 0.15) is 5.56 Å². The number of hydrogen-bond donors (Lipinski definition) is 1. The third-order valence-electron chi connectivity index (χ3n) is 7.32. The number of benzene rings is 1. The van der Waals surface area contributed by atoms with E-state index in [4.69, 9.17) is 14.7 Å². The standard InChI is InChI=1S/C29H30N6O3S2.ClH/c1-18-24-27(34(3)21-17-23(36)30-28(21)37)31-26(22-5-4-16-39-22)32-29(24)40-25(18)19-6-8-20(9-7-19)38-15-14-35-12-10-33(2)11-13-35;/h4-9,16-17H,10-15H2,1-3H3,(H,30,36,37);1H. The van der Waals surface area contributed by atoms with Crippen LogP contribution in [0.3, 0.4) is 0 Å². The maximum absolute atomic E-state index is 12.5. The van der Waals surface area contributed by atoms with Gasteiger partial charge in [-0.05, 0) is 60.8 Å². The molecule has 4 aromatic rings. The van der Waals surface area contributed by atoms with E-state index >= 15 is 0 Å². The van der Waals surface area contributed by atoms with Crippen molar-refractivity contribution in [2.45, 2.75) is 6.92 Å². The third kappa shape index (κ3) is 6.00. The lowest BCUT2D eigenvalue weighted by Crippen LogP contribution is -2.45. The Labute approximate surface area is 252 Å². The number of rotatable bonds is 8. The highest BCUT2D eigenvalue weighted by molar-refractivity contribution is 7.22. The van der Waals surface area contributed by atoms with Crippen LogP contribution in [0.4, 0.5) is 5.82 Å². The topological polar surface area (TPSA) is 90.9 Å². The molecule has 3 aromatic heterocycles. The fourth-order valence-electron chi connectivity index (χ4n) is 4.98. The van der Waals surface area contributed by atoms with Gasteiger partial charge < -0.3 is 14.5 Å². The number of carbonyl (C=O) groups is 2. The molecule has 6 rings (SSSR count). The van der Waals surface area contributed by atoms with Crippen LogP contribution in [0.5, 0.6) is 5.75 Å². The van der Waals surface area contributed by atoms with E-state index in [2.05, 4.69) is 34.3 Å². The largest absolute Gasteiger partial charge is 0.492 e. The first-order valence-corrected chi connectivity index (χ1v) is 14.9. The summed E-state index contributed by atoms with van der Waals surface area (Å²) in [6, 6.07) is 12.1. The highest BCUT2D eigenvalue weighted by Gasteiger charge is 2.29. The molecule has 0 aliphatic carbocycles. The number of nitrogens with zero attached hydrogens (tertiary/aromatic N) is 5. The Morgan fingerprint density at radius 1 is 1.07 bits per heavy atom. The van der Waals surface area contributed by atoms with Crippen LogP contribution in [-0.4, -0.2) is 85.0 Å². The predicted octanol–water partition coefficient (Wildman–Crippen LogP) is 4.42. The minimum Gasteiger partial charge on any atom is -0.492 e. The van der Waals surface area contributed by atoms with Crippen LogP contribution in [0.25, 0.3) is 31.4 Å². The van der Waals surface area contributed by atoms with Crippen LogP contribution in [0.2, 0.25) is 0 Å². The van der Waals surface area contributed by atoms with E-state index in [1.54, 1.807) is 34.6 Å². The Morgan fingerprint density at radius 2 is 1.83 bits per heavy atom. The number of carbonyl (C=O) groups excluding carboxylic acids is 2. The van der Waals surface area contributed by atoms with Crippen molar-refractivity contribution < 1.29 is 14.3 Å². The minimum atomic E-state index is -0.437. The monoisotopic (exact) mass is 610 g/mol. The molecule has 9 nitrogen and oxygen atoms in total. The van der Waals surface area contributed by atoms with Gasteiger partial charge in [-0.15, -0.1) is 35.1 Å². The number of likely N-dealkylation sites (N-methyl/N-ethyl adjacent to an activating group) is 2. The molecule has 2 aliphatic heterocycles. The Balaban J connectivity index is 0.00000337. The number of aromatic nitrogens is 2. The van der Waals surface area contributed by atoms with Gasteiger partial charge in [0.2, 0.25) is 0 Å². The van der Waals surface area contributed by atoms with Gasteiger partial charge in [-0.25, -0.2) is 9.97 Å². The van der Waals surface area contributed by atoms with E-state index < -0.39 is 11.8 Å². The summed E-state index contributed by atoms with van der Waals surface area (Å²) >= 11 is 3.15. The lowest BCUT2D eigenvalue weighted by atomic mass is 10.1. The molecule has 12 heteroatoms. The second-order valence-electron chi connectivity index (χ2n) is 10.0. The molecule has 0 spiro atoms. The Hall–Kier alpha value is -3.35. The minimum absolute atomic E-state index is 0. The van der Waals surface area contributed by atoms with Crippen LogP contribution >= 0.6 is 35.1 Å². The summed E-state index contributed by atoms with van der Waals surface area (Å²) in [6.07, 6.45) is 1.31. The van der Waals surface area contributed by atoms with E-state index in [1.807, 2.05) is 36.6 Å². The molecule has 0 unspecified atom stereocenters. The quantitative estimate of drug-likeness (QED) is 0.293. The van der Waals surface area contributed by atoms with Crippen molar-refractivity contribution in [3.63, 3.8) is 0 Å².